The van der Waals surface area contributed by atoms with Gasteiger partial charge in [0.2, 0.25) is 0 Å². The third-order valence-electron chi connectivity index (χ3n) is 10.8. The van der Waals surface area contributed by atoms with Gasteiger partial charge < -0.3 is 24.8 Å². The molecule has 4 atom stereocenters. The van der Waals surface area contributed by atoms with Gasteiger partial charge in [-0.15, -0.1) is 6.42 Å². The van der Waals surface area contributed by atoms with Crippen molar-refractivity contribution in [1.82, 2.24) is 20.2 Å². The van der Waals surface area contributed by atoms with Crippen LogP contribution in [0.4, 0.5) is 14.6 Å². The number of aromatic hydroxyl groups is 1. The van der Waals surface area contributed by atoms with Gasteiger partial charge in [0, 0.05) is 54.5 Å². The van der Waals surface area contributed by atoms with E-state index in [1.165, 1.54) is 6.07 Å². The van der Waals surface area contributed by atoms with Crippen molar-refractivity contribution >= 4 is 27.5 Å². The Kier molecular flexibility index (Phi) is 6.74. The lowest BCUT2D eigenvalue weighted by Gasteiger charge is -2.35. The number of benzene rings is 3. The maximum Gasteiger partial charge on any atom is 0.319 e. The molecule has 4 aliphatic heterocycles. The van der Waals surface area contributed by atoms with Crippen molar-refractivity contribution < 1.29 is 23.4 Å². The van der Waals surface area contributed by atoms with Crippen molar-refractivity contribution in [1.29, 1.82) is 0 Å². The van der Waals surface area contributed by atoms with Crippen LogP contribution in [0.3, 0.4) is 0 Å². The lowest BCUT2D eigenvalue weighted by Crippen LogP contribution is -2.51. The third kappa shape index (κ3) is 4.94. The minimum atomic E-state index is -0.862. The molecule has 2 N–H and O–H groups in total. The van der Waals surface area contributed by atoms with E-state index < -0.39 is 12.0 Å². The number of nitrogens with zero attached hydrogens (tertiary/aromatic N) is 4. The SMILES string of the molecule is C#Cc1c(F)ccc2cc(O)cc(-c3ccc4c(N5C[C@H]6CC[C@@H](C5)N6)nc(OC[C@@]56CCCN5C[C@H](F)C6)nc4c3OC3CC3)c12. The molecule has 0 unspecified atom stereocenters. The quantitative estimate of drug-likeness (QED) is 0.250. The highest BCUT2D eigenvalue weighted by molar-refractivity contribution is 6.06. The number of phenolic OH excluding ortho intramolecular Hbond substituents is 1. The van der Waals surface area contributed by atoms with Crippen LogP contribution >= 0.6 is 0 Å². The van der Waals surface area contributed by atoms with Crippen LogP contribution < -0.4 is 19.7 Å². The van der Waals surface area contributed by atoms with Crippen molar-refractivity contribution in [2.24, 2.45) is 0 Å². The van der Waals surface area contributed by atoms with Gasteiger partial charge in [-0.25, -0.2) is 8.78 Å². The van der Waals surface area contributed by atoms with E-state index >= 15 is 4.39 Å². The highest BCUT2D eigenvalue weighted by Gasteiger charge is 2.49. The number of anilines is 1. The number of ether oxygens (including phenoxy) is 2. The van der Waals surface area contributed by atoms with Crippen LogP contribution in [-0.2, 0) is 0 Å². The number of aromatic nitrogens is 2. The molecule has 242 valence electrons. The molecule has 47 heavy (non-hydrogen) atoms. The van der Waals surface area contributed by atoms with E-state index in [2.05, 4.69) is 21.0 Å². The summed E-state index contributed by atoms with van der Waals surface area (Å²) in [6.45, 7) is 3.25. The molecule has 3 aromatic carbocycles. The van der Waals surface area contributed by atoms with Crippen LogP contribution in [0.25, 0.3) is 32.8 Å². The Balaban J connectivity index is 1.23. The number of fused-ring (bicyclic) bond motifs is 5. The fraction of sp³-hybridized carbons (Fsp3) is 0.459. The summed E-state index contributed by atoms with van der Waals surface area (Å²) in [6.07, 6.45) is 11.4. The number of hydrogen-bond acceptors (Lipinski definition) is 8. The molecule has 0 radical (unpaired) electrons. The average Bonchev–Trinajstić information content (AvgIpc) is 3.59. The summed E-state index contributed by atoms with van der Waals surface area (Å²) in [5, 5.41) is 16.5. The molecule has 0 spiro atoms. The average molecular weight is 638 g/mol. The van der Waals surface area contributed by atoms with Gasteiger partial charge in [0.1, 0.15) is 35.7 Å². The first-order valence-corrected chi connectivity index (χ1v) is 16.8. The number of terminal acetylenes is 1. The van der Waals surface area contributed by atoms with E-state index in [9.17, 15) is 9.50 Å². The molecule has 8 nitrogen and oxygen atoms in total. The molecular weight excluding hydrogens is 600 g/mol. The summed E-state index contributed by atoms with van der Waals surface area (Å²) >= 11 is 0. The molecule has 1 saturated carbocycles. The predicted octanol–water partition coefficient (Wildman–Crippen LogP) is 5.71. The molecule has 5 fully saturated rings. The molecule has 5 aliphatic rings. The second-order valence-electron chi connectivity index (χ2n) is 14.1. The summed E-state index contributed by atoms with van der Waals surface area (Å²) in [5.74, 6) is 3.37. The lowest BCUT2D eigenvalue weighted by molar-refractivity contribution is 0.107. The standard InChI is InChI=1S/C37H37F2N5O3/c1-2-27-31(39)11-4-21-14-25(45)15-30(32(21)27)28-9-10-29-33(34(28)47-26-7-8-26)41-36(42-35(29)43-18-23-5-6-24(19-43)40-23)46-20-37-12-3-13-44(37)17-22(38)16-37/h1,4,9-11,14-15,22-24,26,40,45H,3,5-8,12-13,16-20H2/t22-,23-,24+,37+/m1/s1. The number of alkyl halides is 1. The Morgan fingerprint density at radius 1 is 1.04 bits per heavy atom. The monoisotopic (exact) mass is 637 g/mol. The molecular formula is C37H37F2N5O3. The molecule has 4 aromatic rings. The van der Waals surface area contributed by atoms with Crippen molar-refractivity contribution in [3.63, 3.8) is 0 Å². The zero-order valence-corrected chi connectivity index (χ0v) is 26.1. The zero-order chi connectivity index (χ0) is 31.9. The minimum absolute atomic E-state index is 0.00971. The highest BCUT2D eigenvalue weighted by atomic mass is 19.1. The Hall–Kier alpha value is -4.20. The van der Waals surface area contributed by atoms with Crippen molar-refractivity contribution in [2.75, 3.05) is 37.7 Å². The first-order chi connectivity index (χ1) is 22.9. The molecule has 0 amide bonds. The van der Waals surface area contributed by atoms with E-state index in [0.29, 0.717) is 64.8 Å². The first-order valence-electron chi connectivity index (χ1n) is 16.8. The predicted molar refractivity (Wildman–Crippen MR) is 176 cm³/mol. The molecule has 5 heterocycles. The lowest BCUT2D eigenvalue weighted by atomic mass is 9.92. The normalized spacial score (nSPS) is 27.0. The van der Waals surface area contributed by atoms with Gasteiger partial charge in [-0.1, -0.05) is 12.0 Å². The molecule has 9 rings (SSSR count). The summed E-state index contributed by atoms with van der Waals surface area (Å²) in [5.41, 5.74) is 1.58. The van der Waals surface area contributed by atoms with Crippen LogP contribution in [0.5, 0.6) is 17.5 Å². The molecule has 2 bridgehead atoms. The maximum absolute atomic E-state index is 15.1. The van der Waals surface area contributed by atoms with E-state index in [1.54, 1.807) is 18.2 Å². The topological polar surface area (TPSA) is 83.0 Å². The van der Waals surface area contributed by atoms with Crippen molar-refractivity contribution in [2.45, 2.75) is 74.8 Å². The molecule has 10 heteroatoms. The largest absolute Gasteiger partial charge is 0.508 e. The van der Waals surface area contributed by atoms with Crippen LogP contribution in [0, 0.1) is 18.2 Å². The van der Waals surface area contributed by atoms with Gasteiger partial charge in [-0.2, -0.15) is 9.97 Å². The molecule has 1 aromatic heterocycles. The van der Waals surface area contributed by atoms with Gasteiger partial charge in [0.05, 0.1) is 17.2 Å². The van der Waals surface area contributed by atoms with Crippen LogP contribution in [-0.4, -0.2) is 82.7 Å². The van der Waals surface area contributed by atoms with Crippen LogP contribution in [0.2, 0.25) is 0 Å². The maximum atomic E-state index is 15.1. The number of nitrogens with one attached hydrogen (secondary N) is 1. The summed E-state index contributed by atoms with van der Waals surface area (Å²) in [7, 11) is 0. The molecule has 1 aliphatic carbocycles. The number of phenols is 1. The second-order valence-corrected chi connectivity index (χ2v) is 14.1. The van der Waals surface area contributed by atoms with Gasteiger partial charge >= 0.3 is 6.01 Å². The fourth-order valence-electron chi connectivity index (χ4n) is 8.52. The summed E-state index contributed by atoms with van der Waals surface area (Å²) in [6, 6.07) is 11.1. The molecule has 4 saturated heterocycles. The summed E-state index contributed by atoms with van der Waals surface area (Å²) < 4.78 is 42.8. The van der Waals surface area contributed by atoms with Crippen LogP contribution in [0.1, 0.15) is 50.5 Å². The number of halogens is 2. The smallest absolute Gasteiger partial charge is 0.319 e. The first kappa shape index (κ1) is 29.0. The van der Waals surface area contributed by atoms with Crippen LogP contribution in [0.15, 0.2) is 36.4 Å². The number of hydrogen-bond donors (Lipinski definition) is 2. The van der Waals surface area contributed by atoms with Gasteiger partial charge in [0.15, 0.2) is 5.75 Å². The second kappa shape index (κ2) is 10.9. The zero-order valence-electron chi connectivity index (χ0n) is 26.1. The Morgan fingerprint density at radius 3 is 2.66 bits per heavy atom. The Bertz CT molecular complexity index is 1950. The van der Waals surface area contributed by atoms with Gasteiger partial charge in [0.25, 0.3) is 0 Å². The van der Waals surface area contributed by atoms with E-state index in [1.807, 2.05) is 12.1 Å². The minimum Gasteiger partial charge on any atom is -0.508 e. The number of rotatable bonds is 7. The van der Waals surface area contributed by atoms with Crippen molar-refractivity contribution in [3.05, 3.63) is 47.8 Å². The summed E-state index contributed by atoms with van der Waals surface area (Å²) in [4.78, 5) is 14.6. The van der Waals surface area contributed by atoms with E-state index in [-0.39, 0.29) is 29.0 Å². The van der Waals surface area contributed by atoms with E-state index in [0.717, 1.165) is 69.4 Å². The Morgan fingerprint density at radius 2 is 1.87 bits per heavy atom. The van der Waals surface area contributed by atoms with Crippen molar-refractivity contribution in [3.8, 4) is 41.0 Å². The van der Waals surface area contributed by atoms with E-state index in [4.69, 9.17) is 25.9 Å². The third-order valence-corrected chi connectivity index (χ3v) is 10.8. The Labute approximate surface area is 272 Å². The highest BCUT2D eigenvalue weighted by Crippen LogP contribution is 2.47. The fourth-order valence-corrected chi connectivity index (χ4v) is 8.52. The van der Waals surface area contributed by atoms with Gasteiger partial charge in [-0.3, -0.25) is 4.90 Å². The number of piperazine rings is 1. The van der Waals surface area contributed by atoms with Gasteiger partial charge in [-0.05, 0) is 86.4 Å².